The molecule has 2 N–H and O–H groups in total. The van der Waals surface area contributed by atoms with E-state index in [1.807, 2.05) is 31.3 Å². The average Bonchev–Trinajstić information content (AvgIpc) is 2.84. The average molecular weight is 226 g/mol. The standard InChI is InChI=1S/C13H14N4/c1-10-2-3-13(11(6-10)7-14)16-5-4-12-8-15-9-17-12/h2-3,6,8-9,16H,4-5H2,1H3,(H,15,17). The molecular weight excluding hydrogens is 212 g/mol. The molecule has 0 radical (unpaired) electrons. The number of anilines is 1. The molecule has 86 valence electrons. The van der Waals surface area contributed by atoms with E-state index in [0.717, 1.165) is 29.9 Å². The monoisotopic (exact) mass is 226 g/mol. The highest BCUT2D eigenvalue weighted by Gasteiger charge is 2.01. The van der Waals surface area contributed by atoms with Gasteiger partial charge >= 0.3 is 0 Å². The Morgan fingerprint density at radius 1 is 1.47 bits per heavy atom. The summed E-state index contributed by atoms with van der Waals surface area (Å²) in [6.07, 6.45) is 4.34. The summed E-state index contributed by atoms with van der Waals surface area (Å²) in [5, 5.41) is 12.3. The zero-order valence-corrected chi connectivity index (χ0v) is 9.70. The lowest BCUT2D eigenvalue weighted by Gasteiger charge is -2.07. The number of hydrogen-bond acceptors (Lipinski definition) is 3. The molecule has 0 fully saturated rings. The fourth-order valence-corrected chi connectivity index (χ4v) is 1.66. The van der Waals surface area contributed by atoms with Crippen molar-refractivity contribution in [1.82, 2.24) is 9.97 Å². The Labute approximate surface area is 100 Å². The minimum Gasteiger partial charge on any atom is -0.384 e. The van der Waals surface area contributed by atoms with Gasteiger partial charge in [-0.1, -0.05) is 6.07 Å². The first kappa shape index (κ1) is 11.2. The van der Waals surface area contributed by atoms with Crippen LogP contribution in [0.15, 0.2) is 30.7 Å². The molecular formula is C13H14N4. The van der Waals surface area contributed by atoms with Crippen molar-refractivity contribution in [1.29, 1.82) is 5.26 Å². The number of rotatable bonds is 4. The topological polar surface area (TPSA) is 64.5 Å². The minimum absolute atomic E-state index is 0.689. The van der Waals surface area contributed by atoms with Crippen LogP contribution in [0, 0.1) is 18.3 Å². The summed E-state index contributed by atoms with van der Waals surface area (Å²) in [6.45, 7) is 2.76. The molecule has 2 aromatic rings. The summed E-state index contributed by atoms with van der Waals surface area (Å²) in [7, 11) is 0. The summed E-state index contributed by atoms with van der Waals surface area (Å²) >= 11 is 0. The largest absolute Gasteiger partial charge is 0.384 e. The minimum atomic E-state index is 0.689. The van der Waals surface area contributed by atoms with Gasteiger partial charge in [0.15, 0.2) is 0 Å². The van der Waals surface area contributed by atoms with Crippen molar-refractivity contribution in [3.05, 3.63) is 47.5 Å². The molecule has 0 amide bonds. The second kappa shape index (κ2) is 5.17. The summed E-state index contributed by atoms with van der Waals surface area (Å²) in [4.78, 5) is 7.00. The Hall–Kier alpha value is -2.28. The maximum Gasteiger partial charge on any atom is 0.101 e. The molecule has 0 spiro atoms. The molecule has 2 rings (SSSR count). The van der Waals surface area contributed by atoms with Crippen LogP contribution >= 0.6 is 0 Å². The third-order valence-corrected chi connectivity index (χ3v) is 2.56. The van der Waals surface area contributed by atoms with Gasteiger partial charge < -0.3 is 10.3 Å². The van der Waals surface area contributed by atoms with Crippen molar-refractivity contribution in [3.8, 4) is 6.07 Å². The van der Waals surface area contributed by atoms with Crippen LogP contribution in [0.2, 0.25) is 0 Å². The van der Waals surface area contributed by atoms with Crippen molar-refractivity contribution in [2.24, 2.45) is 0 Å². The molecule has 0 saturated heterocycles. The molecule has 0 saturated carbocycles. The molecule has 0 bridgehead atoms. The van der Waals surface area contributed by atoms with Crippen LogP contribution < -0.4 is 5.32 Å². The van der Waals surface area contributed by atoms with E-state index < -0.39 is 0 Å². The number of nitrogens with zero attached hydrogens (tertiary/aromatic N) is 2. The number of aromatic nitrogens is 2. The van der Waals surface area contributed by atoms with Gasteiger partial charge in [-0.2, -0.15) is 5.26 Å². The molecule has 4 heteroatoms. The van der Waals surface area contributed by atoms with E-state index in [1.54, 1.807) is 6.33 Å². The van der Waals surface area contributed by atoms with Crippen LogP contribution in [0.1, 0.15) is 16.8 Å². The fraction of sp³-hybridized carbons (Fsp3) is 0.231. The third-order valence-electron chi connectivity index (χ3n) is 2.56. The Kier molecular flexibility index (Phi) is 3.41. The van der Waals surface area contributed by atoms with Crippen molar-refractivity contribution >= 4 is 5.69 Å². The predicted octanol–water partition coefficient (Wildman–Crippen LogP) is 2.24. The maximum atomic E-state index is 9.02. The van der Waals surface area contributed by atoms with Crippen LogP contribution in [0.5, 0.6) is 0 Å². The zero-order chi connectivity index (χ0) is 12.1. The third kappa shape index (κ3) is 2.85. The van der Waals surface area contributed by atoms with E-state index in [1.165, 1.54) is 0 Å². The normalized spacial score (nSPS) is 9.88. The molecule has 1 aromatic carbocycles. The molecule has 0 aliphatic heterocycles. The smallest absolute Gasteiger partial charge is 0.101 e. The summed E-state index contributed by atoms with van der Waals surface area (Å²) in [6, 6.07) is 8.03. The van der Waals surface area contributed by atoms with Gasteiger partial charge in [-0.25, -0.2) is 4.98 Å². The van der Waals surface area contributed by atoms with E-state index in [9.17, 15) is 0 Å². The molecule has 0 unspecified atom stereocenters. The van der Waals surface area contributed by atoms with Gasteiger partial charge in [0.05, 0.1) is 17.6 Å². The van der Waals surface area contributed by atoms with E-state index >= 15 is 0 Å². The van der Waals surface area contributed by atoms with Gasteiger partial charge in [0, 0.05) is 24.9 Å². The highest BCUT2D eigenvalue weighted by molar-refractivity contribution is 5.58. The lowest BCUT2D eigenvalue weighted by molar-refractivity contribution is 0.976. The van der Waals surface area contributed by atoms with Gasteiger partial charge in [-0.3, -0.25) is 0 Å². The van der Waals surface area contributed by atoms with Crippen molar-refractivity contribution in [2.75, 3.05) is 11.9 Å². The van der Waals surface area contributed by atoms with Gasteiger partial charge in [-0.15, -0.1) is 0 Å². The number of nitrogens with one attached hydrogen (secondary N) is 2. The second-order valence-corrected chi connectivity index (χ2v) is 3.91. The van der Waals surface area contributed by atoms with Gasteiger partial charge in [0.25, 0.3) is 0 Å². The molecule has 0 aliphatic rings. The lowest BCUT2D eigenvalue weighted by atomic mass is 10.1. The first-order valence-corrected chi connectivity index (χ1v) is 5.51. The van der Waals surface area contributed by atoms with Crippen LogP contribution in [0.4, 0.5) is 5.69 Å². The van der Waals surface area contributed by atoms with Gasteiger partial charge in [0.2, 0.25) is 0 Å². The van der Waals surface area contributed by atoms with E-state index in [-0.39, 0.29) is 0 Å². The number of nitriles is 1. The summed E-state index contributed by atoms with van der Waals surface area (Å²) in [5.74, 6) is 0. The van der Waals surface area contributed by atoms with Gasteiger partial charge in [-0.05, 0) is 24.6 Å². The van der Waals surface area contributed by atoms with E-state index in [4.69, 9.17) is 5.26 Å². The summed E-state index contributed by atoms with van der Waals surface area (Å²) in [5.41, 5.74) is 3.76. The van der Waals surface area contributed by atoms with Crippen LogP contribution in [0.25, 0.3) is 0 Å². The first-order valence-electron chi connectivity index (χ1n) is 5.51. The van der Waals surface area contributed by atoms with Crippen molar-refractivity contribution in [3.63, 3.8) is 0 Å². The molecule has 1 aromatic heterocycles. The molecule has 1 heterocycles. The van der Waals surface area contributed by atoms with Crippen LogP contribution in [0.3, 0.4) is 0 Å². The number of H-pyrrole nitrogens is 1. The Morgan fingerprint density at radius 2 is 2.35 bits per heavy atom. The predicted molar refractivity (Wildman–Crippen MR) is 66.7 cm³/mol. The van der Waals surface area contributed by atoms with E-state index in [0.29, 0.717) is 5.56 Å². The number of imidazole rings is 1. The molecule has 17 heavy (non-hydrogen) atoms. The molecule has 0 atom stereocenters. The van der Waals surface area contributed by atoms with Crippen LogP contribution in [-0.4, -0.2) is 16.5 Å². The van der Waals surface area contributed by atoms with Crippen molar-refractivity contribution < 1.29 is 0 Å². The number of aromatic amines is 1. The van der Waals surface area contributed by atoms with E-state index in [2.05, 4.69) is 21.4 Å². The SMILES string of the molecule is Cc1ccc(NCCc2cnc[nH]2)c(C#N)c1. The first-order chi connectivity index (χ1) is 8.29. The highest BCUT2D eigenvalue weighted by atomic mass is 14.9. The lowest BCUT2D eigenvalue weighted by Crippen LogP contribution is -2.06. The molecule has 0 aliphatic carbocycles. The number of hydrogen-bond donors (Lipinski definition) is 2. The van der Waals surface area contributed by atoms with Gasteiger partial charge in [0.1, 0.15) is 6.07 Å². The van der Waals surface area contributed by atoms with Crippen molar-refractivity contribution in [2.45, 2.75) is 13.3 Å². The highest BCUT2D eigenvalue weighted by Crippen LogP contribution is 2.16. The van der Waals surface area contributed by atoms with Crippen LogP contribution in [-0.2, 0) is 6.42 Å². The zero-order valence-electron chi connectivity index (χ0n) is 9.70. The Bertz CT molecular complexity index is 523. The maximum absolute atomic E-state index is 9.02. The quantitative estimate of drug-likeness (QED) is 0.840. The molecule has 4 nitrogen and oxygen atoms in total. The second-order valence-electron chi connectivity index (χ2n) is 3.91. The fourth-order valence-electron chi connectivity index (χ4n) is 1.66. The Morgan fingerprint density at radius 3 is 3.06 bits per heavy atom. The summed E-state index contributed by atoms with van der Waals surface area (Å²) < 4.78 is 0. The Balaban J connectivity index is 1.97. The number of aryl methyl sites for hydroxylation is 1. The number of benzene rings is 1.